The summed E-state index contributed by atoms with van der Waals surface area (Å²) in [5.41, 5.74) is 0.273. The molecule has 1 rings (SSSR count). The van der Waals surface area contributed by atoms with Gasteiger partial charge >= 0.3 is 5.97 Å². The third-order valence-corrected chi connectivity index (χ3v) is 2.30. The van der Waals surface area contributed by atoms with Crippen molar-refractivity contribution < 1.29 is 19.4 Å². The molecular weight excluding hydrogens is 236 g/mol. The third-order valence-electron chi connectivity index (χ3n) is 2.30. The molecule has 0 aliphatic carbocycles. The molecule has 0 aromatic carbocycles. The summed E-state index contributed by atoms with van der Waals surface area (Å²) in [5, 5.41) is 8.79. The summed E-state index contributed by atoms with van der Waals surface area (Å²) < 4.78 is 4.99. The lowest BCUT2D eigenvalue weighted by atomic mass is 10.2. The smallest absolute Gasteiger partial charge is 0.323 e. The van der Waals surface area contributed by atoms with E-state index in [2.05, 4.69) is 4.98 Å². The van der Waals surface area contributed by atoms with Crippen LogP contribution >= 0.6 is 0 Å². The molecule has 1 amide bonds. The average molecular weight is 252 g/mol. The van der Waals surface area contributed by atoms with E-state index in [0.717, 1.165) is 0 Å². The lowest BCUT2D eigenvalue weighted by molar-refractivity contribution is -0.137. The van der Waals surface area contributed by atoms with Crippen LogP contribution in [0.15, 0.2) is 18.3 Å². The van der Waals surface area contributed by atoms with Gasteiger partial charge in [-0.1, -0.05) is 6.92 Å². The summed E-state index contributed by atoms with van der Waals surface area (Å²) in [7, 11) is 1.42. The molecule has 0 unspecified atom stereocenters. The van der Waals surface area contributed by atoms with E-state index in [4.69, 9.17) is 9.84 Å². The van der Waals surface area contributed by atoms with Crippen molar-refractivity contribution in [2.24, 2.45) is 0 Å². The highest BCUT2D eigenvalue weighted by atomic mass is 16.5. The fourth-order valence-corrected chi connectivity index (χ4v) is 1.57. The molecule has 0 spiro atoms. The number of carbonyl (C=O) groups excluding carboxylic acids is 1. The summed E-state index contributed by atoms with van der Waals surface area (Å²) in [4.78, 5) is 28.1. The van der Waals surface area contributed by atoms with Gasteiger partial charge in [-0.2, -0.15) is 0 Å². The molecule has 0 saturated carbocycles. The van der Waals surface area contributed by atoms with Crippen LogP contribution in [0.4, 0.5) is 0 Å². The Bertz CT molecular complexity index is 434. The minimum atomic E-state index is -1.04. The number of ether oxygens (including phenoxy) is 1. The molecule has 1 aromatic rings. The quantitative estimate of drug-likeness (QED) is 0.817. The van der Waals surface area contributed by atoms with E-state index in [-0.39, 0.29) is 23.9 Å². The van der Waals surface area contributed by atoms with Gasteiger partial charge in [0.25, 0.3) is 5.91 Å². The lowest BCUT2D eigenvalue weighted by Crippen LogP contribution is -2.36. The first kappa shape index (κ1) is 14.0. The first-order valence-electron chi connectivity index (χ1n) is 5.60. The number of amides is 1. The predicted molar refractivity (Wildman–Crippen MR) is 64.6 cm³/mol. The van der Waals surface area contributed by atoms with Crippen molar-refractivity contribution in [3.8, 4) is 5.88 Å². The van der Waals surface area contributed by atoms with Crippen LogP contribution in [0.3, 0.4) is 0 Å². The van der Waals surface area contributed by atoms with Crippen molar-refractivity contribution >= 4 is 11.9 Å². The molecule has 0 bridgehead atoms. The second-order valence-corrected chi connectivity index (χ2v) is 3.68. The molecule has 0 radical (unpaired) electrons. The van der Waals surface area contributed by atoms with Gasteiger partial charge in [0, 0.05) is 12.7 Å². The SMILES string of the molecule is CCCN(CC(=O)O)C(=O)c1cccnc1OC. The van der Waals surface area contributed by atoms with Crippen molar-refractivity contribution in [2.45, 2.75) is 13.3 Å². The number of aromatic nitrogens is 1. The number of pyridine rings is 1. The minimum absolute atomic E-state index is 0.203. The molecule has 1 aromatic heterocycles. The van der Waals surface area contributed by atoms with Gasteiger partial charge in [0.05, 0.1) is 7.11 Å². The van der Waals surface area contributed by atoms with E-state index in [1.807, 2.05) is 6.92 Å². The van der Waals surface area contributed by atoms with E-state index in [1.54, 1.807) is 12.1 Å². The van der Waals surface area contributed by atoms with E-state index in [0.29, 0.717) is 13.0 Å². The average Bonchev–Trinajstić information content (AvgIpc) is 2.37. The lowest BCUT2D eigenvalue weighted by Gasteiger charge is -2.20. The molecule has 0 aliphatic heterocycles. The number of nitrogens with zero attached hydrogens (tertiary/aromatic N) is 2. The molecule has 1 N–H and O–H groups in total. The van der Waals surface area contributed by atoms with E-state index < -0.39 is 5.97 Å². The molecule has 18 heavy (non-hydrogen) atoms. The van der Waals surface area contributed by atoms with E-state index >= 15 is 0 Å². The molecule has 6 nitrogen and oxygen atoms in total. The van der Waals surface area contributed by atoms with Gasteiger partial charge in [0.15, 0.2) is 0 Å². The largest absolute Gasteiger partial charge is 0.480 e. The Morgan fingerprint density at radius 1 is 1.50 bits per heavy atom. The summed E-state index contributed by atoms with van der Waals surface area (Å²) in [6, 6.07) is 3.18. The Hall–Kier alpha value is -2.11. The van der Waals surface area contributed by atoms with Crippen LogP contribution < -0.4 is 4.74 Å². The van der Waals surface area contributed by atoms with Crippen molar-refractivity contribution in [1.29, 1.82) is 0 Å². The molecular formula is C12H16N2O4. The maximum atomic E-state index is 12.2. The zero-order chi connectivity index (χ0) is 13.5. The Morgan fingerprint density at radius 2 is 2.22 bits per heavy atom. The Balaban J connectivity index is 2.97. The van der Waals surface area contributed by atoms with Crippen LogP contribution in [0, 0.1) is 0 Å². The number of hydrogen-bond donors (Lipinski definition) is 1. The fourth-order valence-electron chi connectivity index (χ4n) is 1.57. The Morgan fingerprint density at radius 3 is 2.78 bits per heavy atom. The van der Waals surface area contributed by atoms with Crippen molar-refractivity contribution in [3.63, 3.8) is 0 Å². The number of aliphatic carboxylic acids is 1. The van der Waals surface area contributed by atoms with Gasteiger partial charge < -0.3 is 14.7 Å². The number of hydrogen-bond acceptors (Lipinski definition) is 4. The summed E-state index contributed by atoms with van der Waals surface area (Å²) in [6.07, 6.45) is 2.19. The normalized spacial score (nSPS) is 9.89. The molecule has 0 fully saturated rings. The number of carboxylic acids is 1. The molecule has 98 valence electrons. The van der Waals surface area contributed by atoms with Gasteiger partial charge in [-0.25, -0.2) is 4.98 Å². The van der Waals surface area contributed by atoms with Crippen LogP contribution in [0.2, 0.25) is 0 Å². The van der Waals surface area contributed by atoms with Crippen LogP contribution in [-0.2, 0) is 4.79 Å². The van der Waals surface area contributed by atoms with E-state index in [1.165, 1.54) is 18.2 Å². The molecule has 0 atom stereocenters. The predicted octanol–water partition coefficient (Wildman–Crippen LogP) is 1.03. The molecule has 6 heteroatoms. The number of rotatable bonds is 6. The fraction of sp³-hybridized carbons (Fsp3) is 0.417. The second kappa shape index (κ2) is 6.58. The van der Waals surface area contributed by atoms with Crippen molar-refractivity contribution in [2.75, 3.05) is 20.2 Å². The molecule has 0 aliphatic rings. The second-order valence-electron chi connectivity index (χ2n) is 3.68. The van der Waals surface area contributed by atoms with Gasteiger partial charge in [-0.05, 0) is 18.6 Å². The first-order valence-corrected chi connectivity index (χ1v) is 5.60. The van der Waals surface area contributed by atoms with Crippen LogP contribution in [-0.4, -0.2) is 47.1 Å². The van der Waals surface area contributed by atoms with Gasteiger partial charge in [0.2, 0.25) is 5.88 Å². The van der Waals surface area contributed by atoms with Crippen molar-refractivity contribution in [1.82, 2.24) is 9.88 Å². The zero-order valence-corrected chi connectivity index (χ0v) is 10.4. The maximum Gasteiger partial charge on any atom is 0.323 e. The number of carbonyl (C=O) groups is 2. The topological polar surface area (TPSA) is 79.7 Å². The van der Waals surface area contributed by atoms with E-state index in [9.17, 15) is 9.59 Å². The number of methoxy groups -OCH3 is 1. The Kier molecular flexibility index (Phi) is 5.10. The standard InChI is InChI=1S/C12H16N2O4/c1-3-7-14(8-10(15)16)12(17)9-5-4-6-13-11(9)18-2/h4-6H,3,7-8H2,1-2H3,(H,15,16). The number of carboxylic acid groups (broad SMARTS) is 1. The highest BCUT2D eigenvalue weighted by Gasteiger charge is 2.21. The highest BCUT2D eigenvalue weighted by molar-refractivity contribution is 5.97. The maximum absolute atomic E-state index is 12.2. The zero-order valence-electron chi connectivity index (χ0n) is 10.4. The van der Waals surface area contributed by atoms with Crippen LogP contribution in [0.25, 0.3) is 0 Å². The molecule has 0 saturated heterocycles. The summed E-state index contributed by atoms with van der Waals surface area (Å²) in [6.45, 7) is 1.93. The Labute approximate surface area is 105 Å². The first-order chi connectivity index (χ1) is 8.60. The van der Waals surface area contributed by atoms with Crippen LogP contribution in [0.1, 0.15) is 23.7 Å². The third kappa shape index (κ3) is 3.44. The van der Waals surface area contributed by atoms with Crippen LogP contribution in [0.5, 0.6) is 5.88 Å². The van der Waals surface area contributed by atoms with Gasteiger partial charge in [-0.3, -0.25) is 9.59 Å². The van der Waals surface area contributed by atoms with Crippen molar-refractivity contribution in [3.05, 3.63) is 23.9 Å². The molecule has 1 heterocycles. The monoisotopic (exact) mass is 252 g/mol. The highest BCUT2D eigenvalue weighted by Crippen LogP contribution is 2.16. The van der Waals surface area contributed by atoms with Gasteiger partial charge in [-0.15, -0.1) is 0 Å². The summed E-state index contributed by atoms with van der Waals surface area (Å²) in [5.74, 6) is -1.22. The summed E-state index contributed by atoms with van der Waals surface area (Å²) >= 11 is 0. The van der Waals surface area contributed by atoms with Gasteiger partial charge in [0.1, 0.15) is 12.1 Å². The minimum Gasteiger partial charge on any atom is -0.480 e.